The molecule has 1 atom stereocenters. The standard InChI is InChI=1S/C33H38FNO5/c1-9-27(34)19(2)18-39-22-12-13-25-26(17-22)21(4)35(8)30(31(32(36)37)40-33(5,6)7)29(25)24-14-15-28-23(20(24)3)11-10-16-38-28/h9,12-15,17,31H,1,4,10-11,16,18H2,2-3,5-8H3,(H,36,37). The van der Waals surface area contributed by atoms with E-state index in [9.17, 15) is 14.3 Å². The molecule has 2 aliphatic heterocycles. The molecule has 212 valence electrons. The Bertz CT molecular complexity index is 1430. The summed E-state index contributed by atoms with van der Waals surface area (Å²) < 4.78 is 31.9. The molecule has 0 aromatic heterocycles. The topological polar surface area (TPSA) is 68.2 Å². The van der Waals surface area contributed by atoms with E-state index >= 15 is 0 Å². The van der Waals surface area contributed by atoms with Crippen molar-refractivity contribution in [3.8, 4) is 11.5 Å². The number of hydrogen-bond donors (Lipinski definition) is 1. The summed E-state index contributed by atoms with van der Waals surface area (Å²) in [5, 5.41) is 10.4. The van der Waals surface area contributed by atoms with Gasteiger partial charge in [0.15, 0.2) is 6.10 Å². The smallest absolute Gasteiger partial charge is 0.339 e. The number of nitrogens with zero attached hydrogens (tertiary/aromatic N) is 1. The molecule has 0 amide bonds. The van der Waals surface area contributed by atoms with Crippen molar-refractivity contribution in [2.45, 2.75) is 59.2 Å². The van der Waals surface area contributed by atoms with Crippen molar-refractivity contribution < 1.29 is 28.5 Å². The molecule has 1 N–H and O–H groups in total. The van der Waals surface area contributed by atoms with Crippen molar-refractivity contribution in [3.05, 3.63) is 94.5 Å². The Morgan fingerprint density at radius 1 is 1.23 bits per heavy atom. The third kappa shape index (κ3) is 5.70. The Kier molecular flexibility index (Phi) is 8.26. The van der Waals surface area contributed by atoms with Crippen LogP contribution in [-0.2, 0) is 16.0 Å². The maximum absolute atomic E-state index is 13.9. The Labute approximate surface area is 236 Å². The molecule has 6 nitrogen and oxygen atoms in total. The first kappa shape index (κ1) is 29.2. The maximum Gasteiger partial charge on any atom is 0.339 e. The molecular weight excluding hydrogens is 509 g/mol. The van der Waals surface area contributed by atoms with Gasteiger partial charge in [-0.05, 0) is 106 Å². The summed E-state index contributed by atoms with van der Waals surface area (Å²) in [6.07, 6.45) is 1.71. The summed E-state index contributed by atoms with van der Waals surface area (Å²) in [6, 6.07) is 9.54. The van der Waals surface area contributed by atoms with E-state index < -0.39 is 23.5 Å². The zero-order valence-corrected chi connectivity index (χ0v) is 24.2. The van der Waals surface area contributed by atoms with Gasteiger partial charge in [-0.3, -0.25) is 0 Å². The van der Waals surface area contributed by atoms with E-state index in [0.717, 1.165) is 58.1 Å². The van der Waals surface area contributed by atoms with Crippen LogP contribution >= 0.6 is 0 Å². The highest BCUT2D eigenvalue weighted by molar-refractivity contribution is 5.96. The summed E-state index contributed by atoms with van der Waals surface area (Å²) >= 11 is 0. The summed E-state index contributed by atoms with van der Waals surface area (Å²) in [7, 11) is 1.80. The van der Waals surface area contributed by atoms with Crippen LogP contribution in [0.15, 0.2) is 66.7 Å². The SMILES string of the molecule is C=CC(F)=C(C)COc1ccc2c(c1)C(=C)N(C)C(C(OC(C)(C)C)C(=O)O)=C2c1ccc2c(c1C)CCCO2. The van der Waals surface area contributed by atoms with Gasteiger partial charge in [-0.15, -0.1) is 0 Å². The second kappa shape index (κ2) is 11.3. The second-order valence-corrected chi connectivity index (χ2v) is 11.2. The van der Waals surface area contributed by atoms with Crippen molar-refractivity contribution in [1.29, 1.82) is 0 Å². The van der Waals surface area contributed by atoms with Crippen LogP contribution in [0.5, 0.6) is 11.5 Å². The number of aliphatic carboxylic acids is 1. The first-order valence-electron chi connectivity index (χ1n) is 13.4. The second-order valence-electron chi connectivity index (χ2n) is 11.2. The van der Waals surface area contributed by atoms with Gasteiger partial charge in [0.2, 0.25) is 0 Å². The van der Waals surface area contributed by atoms with E-state index in [2.05, 4.69) is 20.1 Å². The van der Waals surface area contributed by atoms with Gasteiger partial charge in [0.05, 0.1) is 17.9 Å². The molecule has 0 radical (unpaired) electrons. The first-order valence-corrected chi connectivity index (χ1v) is 13.4. The molecule has 0 saturated carbocycles. The number of halogens is 1. The zero-order valence-electron chi connectivity index (χ0n) is 24.2. The van der Waals surface area contributed by atoms with Gasteiger partial charge in [-0.25, -0.2) is 9.18 Å². The number of rotatable bonds is 8. The highest BCUT2D eigenvalue weighted by atomic mass is 19.1. The van der Waals surface area contributed by atoms with Crippen LogP contribution in [0.1, 0.15) is 61.9 Å². The fourth-order valence-electron chi connectivity index (χ4n) is 5.18. The summed E-state index contributed by atoms with van der Waals surface area (Å²) in [4.78, 5) is 14.5. The van der Waals surface area contributed by atoms with Crippen molar-refractivity contribution in [2.75, 3.05) is 20.3 Å². The Balaban J connectivity index is 1.95. The third-order valence-electron chi connectivity index (χ3n) is 7.23. The minimum atomic E-state index is -1.25. The van der Waals surface area contributed by atoms with Crippen LogP contribution in [0, 0.1) is 6.92 Å². The molecule has 0 spiro atoms. The van der Waals surface area contributed by atoms with Crippen LogP contribution in [0.4, 0.5) is 4.39 Å². The van der Waals surface area contributed by atoms with Crippen LogP contribution < -0.4 is 9.47 Å². The van der Waals surface area contributed by atoms with Crippen molar-refractivity contribution in [2.24, 2.45) is 0 Å². The molecule has 0 aliphatic carbocycles. The lowest BCUT2D eigenvalue weighted by molar-refractivity contribution is -0.156. The fourth-order valence-corrected chi connectivity index (χ4v) is 5.18. The molecular formula is C33H38FNO5. The quantitative estimate of drug-likeness (QED) is 0.357. The van der Waals surface area contributed by atoms with E-state index in [1.165, 1.54) is 0 Å². The van der Waals surface area contributed by atoms with Gasteiger partial charge in [0.1, 0.15) is 23.9 Å². The van der Waals surface area contributed by atoms with Gasteiger partial charge in [0.25, 0.3) is 0 Å². The number of carboxylic acids is 1. The highest BCUT2D eigenvalue weighted by Gasteiger charge is 2.38. The van der Waals surface area contributed by atoms with Crippen LogP contribution in [0.25, 0.3) is 11.3 Å². The number of ether oxygens (including phenoxy) is 3. The largest absolute Gasteiger partial charge is 0.493 e. The van der Waals surface area contributed by atoms with Gasteiger partial charge in [-0.1, -0.05) is 19.2 Å². The predicted molar refractivity (Wildman–Crippen MR) is 156 cm³/mol. The number of allylic oxidation sites excluding steroid dienone is 2. The molecule has 1 unspecified atom stereocenters. The number of carboxylic acid groups (broad SMARTS) is 1. The van der Waals surface area contributed by atoms with E-state index in [4.69, 9.17) is 14.2 Å². The molecule has 0 fully saturated rings. The average molecular weight is 548 g/mol. The lowest BCUT2D eigenvalue weighted by Crippen LogP contribution is -2.41. The van der Waals surface area contributed by atoms with Gasteiger partial charge in [-0.2, -0.15) is 0 Å². The normalized spacial score (nSPS) is 16.5. The molecule has 2 heterocycles. The van der Waals surface area contributed by atoms with E-state index in [1.54, 1.807) is 18.9 Å². The van der Waals surface area contributed by atoms with E-state index in [-0.39, 0.29) is 6.61 Å². The summed E-state index contributed by atoms with van der Waals surface area (Å²) in [5.41, 5.74) is 6.25. The predicted octanol–water partition coefficient (Wildman–Crippen LogP) is 7.07. The number of carbonyl (C=O) groups is 1. The van der Waals surface area contributed by atoms with E-state index in [1.807, 2.05) is 51.1 Å². The van der Waals surface area contributed by atoms with Crippen molar-refractivity contribution in [1.82, 2.24) is 4.90 Å². The number of hydrogen-bond acceptors (Lipinski definition) is 5. The molecule has 7 heteroatoms. The van der Waals surface area contributed by atoms with Crippen molar-refractivity contribution in [3.63, 3.8) is 0 Å². The minimum absolute atomic E-state index is 0.0668. The lowest BCUT2D eigenvalue weighted by Gasteiger charge is -2.39. The minimum Gasteiger partial charge on any atom is -0.493 e. The monoisotopic (exact) mass is 547 g/mol. The van der Waals surface area contributed by atoms with Gasteiger partial charge < -0.3 is 24.2 Å². The molecule has 2 aromatic rings. The van der Waals surface area contributed by atoms with Crippen LogP contribution in [0.2, 0.25) is 0 Å². The van der Waals surface area contributed by atoms with E-state index in [0.29, 0.717) is 29.3 Å². The Morgan fingerprint density at radius 3 is 2.58 bits per heavy atom. The number of likely N-dealkylation sites (N-methyl/N-ethyl adjacent to an activating group) is 1. The van der Waals surface area contributed by atoms with Crippen molar-refractivity contribution >= 4 is 17.2 Å². The highest BCUT2D eigenvalue weighted by Crippen LogP contribution is 2.46. The Hall–Kier alpha value is -3.84. The van der Waals surface area contributed by atoms with Gasteiger partial charge in [0, 0.05) is 23.9 Å². The molecule has 0 saturated heterocycles. The number of benzene rings is 2. The summed E-state index contributed by atoms with van der Waals surface area (Å²) in [5.74, 6) is -0.0926. The van der Waals surface area contributed by atoms with Crippen LogP contribution in [-0.4, -0.2) is 47.9 Å². The first-order chi connectivity index (χ1) is 18.8. The fraction of sp³-hybridized carbons (Fsp3) is 0.364. The molecule has 40 heavy (non-hydrogen) atoms. The zero-order chi connectivity index (χ0) is 29.4. The molecule has 4 rings (SSSR count). The Morgan fingerprint density at radius 2 is 1.93 bits per heavy atom. The van der Waals surface area contributed by atoms with Crippen LogP contribution in [0.3, 0.4) is 0 Å². The third-order valence-corrected chi connectivity index (χ3v) is 7.23. The molecule has 2 aliphatic rings. The van der Waals surface area contributed by atoms with Gasteiger partial charge >= 0.3 is 5.97 Å². The summed E-state index contributed by atoms with van der Waals surface area (Å²) in [6.45, 7) is 17.7. The molecule has 0 bridgehead atoms. The molecule has 2 aromatic carbocycles. The lowest BCUT2D eigenvalue weighted by atomic mass is 9.82. The number of fused-ring (bicyclic) bond motifs is 2. The average Bonchev–Trinajstić information content (AvgIpc) is 2.92. The maximum atomic E-state index is 13.9.